The van der Waals surface area contributed by atoms with Crippen molar-refractivity contribution in [3.05, 3.63) is 188 Å². The van der Waals surface area contributed by atoms with E-state index in [2.05, 4.69) is 193 Å². The first-order chi connectivity index (χ1) is 25.3. The van der Waals surface area contributed by atoms with Gasteiger partial charge in [-0.15, -0.1) is 22.7 Å². The molecule has 0 saturated carbocycles. The Balaban J connectivity index is 1.000. The molecule has 0 saturated heterocycles. The zero-order chi connectivity index (χ0) is 33.7. The summed E-state index contributed by atoms with van der Waals surface area (Å²) in [6.07, 6.45) is 0. The van der Waals surface area contributed by atoms with Gasteiger partial charge in [0.1, 0.15) is 0 Å². The van der Waals surface area contributed by atoms with Gasteiger partial charge in [-0.05, 0) is 94.0 Å². The maximum absolute atomic E-state index is 2.37. The minimum Gasteiger partial charge on any atom is -0.310 e. The van der Waals surface area contributed by atoms with Gasteiger partial charge in [0.15, 0.2) is 0 Å². The molecule has 3 heteroatoms. The van der Waals surface area contributed by atoms with Crippen LogP contribution in [0.25, 0.3) is 73.7 Å². The smallest absolute Gasteiger partial charge is 0.0468 e. The first kappa shape index (κ1) is 29.9. The van der Waals surface area contributed by atoms with E-state index in [9.17, 15) is 0 Å². The maximum atomic E-state index is 2.37. The van der Waals surface area contributed by atoms with Crippen LogP contribution in [0.3, 0.4) is 0 Å². The molecule has 0 unspecified atom stereocenters. The summed E-state index contributed by atoms with van der Waals surface area (Å²) in [5.74, 6) is 0. The van der Waals surface area contributed by atoms with E-state index in [1.54, 1.807) is 0 Å². The Hall–Kier alpha value is -6.00. The Morgan fingerprint density at radius 1 is 0.294 bits per heavy atom. The van der Waals surface area contributed by atoms with Crippen molar-refractivity contribution < 1.29 is 0 Å². The fourth-order valence-corrected chi connectivity index (χ4v) is 9.71. The standard InChI is InChI=1S/C48H31NS2/c1-4-11-34(12-5-1)40-17-10-18-42-41-26-23-36(30-47(41)51-48(40)42)33-21-19-32(20-22-33)35-24-27-45-43(29-35)44-31-39(25-28-46(44)50-45)49(37-13-6-2-7-14-37)38-15-8-3-9-16-38/h1-31H. The van der Waals surface area contributed by atoms with Crippen LogP contribution in [0.15, 0.2) is 188 Å². The maximum Gasteiger partial charge on any atom is 0.0468 e. The molecule has 0 fully saturated rings. The molecule has 2 aromatic heterocycles. The van der Waals surface area contributed by atoms with Crippen LogP contribution < -0.4 is 4.90 Å². The van der Waals surface area contributed by atoms with Gasteiger partial charge >= 0.3 is 0 Å². The molecular formula is C48H31NS2. The average Bonchev–Trinajstić information content (AvgIpc) is 3.76. The van der Waals surface area contributed by atoms with Gasteiger partial charge in [-0.1, -0.05) is 127 Å². The summed E-state index contributed by atoms with van der Waals surface area (Å²) in [6, 6.07) is 68.5. The van der Waals surface area contributed by atoms with Gasteiger partial charge in [-0.2, -0.15) is 0 Å². The lowest BCUT2D eigenvalue weighted by atomic mass is 9.98. The monoisotopic (exact) mass is 685 g/mol. The second-order valence-corrected chi connectivity index (χ2v) is 15.1. The Labute approximate surface area is 304 Å². The first-order valence-electron chi connectivity index (χ1n) is 17.2. The zero-order valence-electron chi connectivity index (χ0n) is 27.7. The summed E-state index contributed by atoms with van der Waals surface area (Å²) in [5, 5.41) is 5.23. The van der Waals surface area contributed by atoms with Crippen molar-refractivity contribution in [2.45, 2.75) is 0 Å². The molecule has 0 spiro atoms. The van der Waals surface area contributed by atoms with Gasteiger partial charge in [-0.3, -0.25) is 0 Å². The first-order valence-corrected chi connectivity index (χ1v) is 18.9. The number of hydrogen-bond acceptors (Lipinski definition) is 3. The van der Waals surface area contributed by atoms with Crippen molar-refractivity contribution in [1.82, 2.24) is 0 Å². The zero-order valence-corrected chi connectivity index (χ0v) is 29.3. The molecule has 0 aliphatic heterocycles. The number of hydrogen-bond donors (Lipinski definition) is 0. The van der Waals surface area contributed by atoms with Crippen LogP contribution in [-0.2, 0) is 0 Å². The molecule has 0 N–H and O–H groups in total. The van der Waals surface area contributed by atoms with Gasteiger partial charge < -0.3 is 4.90 Å². The van der Waals surface area contributed by atoms with Crippen LogP contribution >= 0.6 is 22.7 Å². The molecule has 51 heavy (non-hydrogen) atoms. The largest absolute Gasteiger partial charge is 0.310 e. The van der Waals surface area contributed by atoms with Gasteiger partial charge in [0.2, 0.25) is 0 Å². The molecule has 0 aliphatic carbocycles. The second-order valence-electron chi connectivity index (χ2n) is 12.9. The Bertz CT molecular complexity index is 2790. The molecule has 240 valence electrons. The molecule has 10 aromatic rings. The van der Waals surface area contributed by atoms with Crippen LogP contribution in [0.2, 0.25) is 0 Å². The third-order valence-corrected chi connectivity index (χ3v) is 12.2. The van der Waals surface area contributed by atoms with E-state index in [1.165, 1.54) is 73.7 Å². The van der Waals surface area contributed by atoms with Crippen molar-refractivity contribution in [2.24, 2.45) is 0 Å². The Morgan fingerprint density at radius 3 is 1.55 bits per heavy atom. The summed E-state index contributed by atoms with van der Waals surface area (Å²) >= 11 is 3.75. The van der Waals surface area contributed by atoms with Crippen LogP contribution in [0, 0.1) is 0 Å². The Morgan fingerprint density at radius 2 is 0.863 bits per heavy atom. The highest BCUT2D eigenvalue weighted by Crippen LogP contribution is 2.43. The molecule has 0 bridgehead atoms. The van der Waals surface area contributed by atoms with Crippen LogP contribution in [0.4, 0.5) is 17.1 Å². The number of anilines is 3. The molecule has 0 aliphatic rings. The molecule has 0 radical (unpaired) electrons. The molecule has 0 amide bonds. The van der Waals surface area contributed by atoms with Crippen molar-refractivity contribution in [3.8, 4) is 33.4 Å². The van der Waals surface area contributed by atoms with Crippen molar-refractivity contribution in [1.29, 1.82) is 0 Å². The Kier molecular flexibility index (Phi) is 7.26. The highest BCUT2D eigenvalue weighted by Gasteiger charge is 2.16. The minimum atomic E-state index is 1.15. The SMILES string of the molecule is c1ccc(-c2cccc3c2sc2cc(-c4ccc(-c5ccc6sc7ccc(N(c8ccccc8)c8ccccc8)cc7c6c5)cc4)ccc23)cc1. The number of benzene rings is 8. The summed E-state index contributed by atoms with van der Waals surface area (Å²) in [6.45, 7) is 0. The fraction of sp³-hybridized carbons (Fsp3) is 0. The second kappa shape index (κ2) is 12.4. The minimum absolute atomic E-state index is 1.15. The number of fused-ring (bicyclic) bond motifs is 6. The molecule has 8 aromatic carbocycles. The lowest BCUT2D eigenvalue weighted by Crippen LogP contribution is -2.09. The summed E-state index contributed by atoms with van der Waals surface area (Å²) in [4.78, 5) is 2.34. The number of rotatable bonds is 6. The highest BCUT2D eigenvalue weighted by atomic mass is 32.1. The number of para-hydroxylation sites is 2. The quantitative estimate of drug-likeness (QED) is 0.168. The van der Waals surface area contributed by atoms with Gasteiger partial charge in [0.05, 0.1) is 0 Å². The van der Waals surface area contributed by atoms with Crippen LogP contribution in [0.5, 0.6) is 0 Å². The van der Waals surface area contributed by atoms with Gasteiger partial charge in [-0.25, -0.2) is 0 Å². The van der Waals surface area contributed by atoms with Gasteiger partial charge in [0.25, 0.3) is 0 Å². The van der Waals surface area contributed by atoms with E-state index in [1.807, 2.05) is 22.7 Å². The summed E-state index contributed by atoms with van der Waals surface area (Å²) < 4.78 is 5.28. The van der Waals surface area contributed by atoms with Crippen molar-refractivity contribution >= 4 is 80.1 Å². The van der Waals surface area contributed by atoms with E-state index >= 15 is 0 Å². The molecule has 2 heterocycles. The number of nitrogens with zero attached hydrogens (tertiary/aromatic N) is 1. The lowest BCUT2D eigenvalue weighted by molar-refractivity contribution is 1.29. The van der Waals surface area contributed by atoms with E-state index in [0.29, 0.717) is 0 Å². The van der Waals surface area contributed by atoms with Crippen LogP contribution in [0.1, 0.15) is 0 Å². The summed E-state index contributed by atoms with van der Waals surface area (Å²) in [5.41, 5.74) is 10.9. The highest BCUT2D eigenvalue weighted by molar-refractivity contribution is 7.26. The van der Waals surface area contributed by atoms with E-state index in [-0.39, 0.29) is 0 Å². The fourth-order valence-electron chi connectivity index (χ4n) is 7.36. The average molecular weight is 686 g/mol. The topological polar surface area (TPSA) is 3.24 Å². The number of thiophene rings is 2. The van der Waals surface area contributed by atoms with E-state index in [0.717, 1.165) is 17.1 Å². The van der Waals surface area contributed by atoms with E-state index < -0.39 is 0 Å². The summed E-state index contributed by atoms with van der Waals surface area (Å²) in [7, 11) is 0. The normalized spacial score (nSPS) is 11.5. The third kappa shape index (κ3) is 5.30. The van der Waals surface area contributed by atoms with Crippen molar-refractivity contribution in [2.75, 3.05) is 4.90 Å². The molecule has 10 rings (SSSR count). The third-order valence-electron chi connectivity index (χ3n) is 9.87. The molecule has 1 nitrogen and oxygen atoms in total. The van der Waals surface area contributed by atoms with Gasteiger partial charge in [0, 0.05) is 57.4 Å². The lowest BCUT2D eigenvalue weighted by Gasteiger charge is -2.25. The molecule has 0 atom stereocenters. The van der Waals surface area contributed by atoms with E-state index in [4.69, 9.17) is 0 Å². The van der Waals surface area contributed by atoms with Crippen LogP contribution in [-0.4, -0.2) is 0 Å². The predicted octanol–water partition coefficient (Wildman–Crippen LogP) is 14.9. The predicted molar refractivity (Wildman–Crippen MR) is 223 cm³/mol. The van der Waals surface area contributed by atoms with Crippen molar-refractivity contribution in [3.63, 3.8) is 0 Å². The molecular weight excluding hydrogens is 655 g/mol.